The average Bonchev–Trinajstić information content (AvgIpc) is 2.78. The molecular formula is C22H28N4O5S. The molecule has 0 bridgehead atoms. The second-order valence-corrected chi connectivity index (χ2v) is 9.90. The van der Waals surface area contributed by atoms with E-state index in [0.717, 1.165) is 24.9 Å². The molecule has 1 saturated heterocycles. The van der Waals surface area contributed by atoms with E-state index in [2.05, 4.69) is 10.0 Å². The minimum absolute atomic E-state index is 0.0389. The number of non-ortho nitro benzene ring substituents is 1. The molecule has 32 heavy (non-hydrogen) atoms. The Kier molecular flexibility index (Phi) is 7.60. The highest BCUT2D eigenvalue weighted by Crippen LogP contribution is 2.21. The van der Waals surface area contributed by atoms with Crippen molar-refractivity contribution in [2.75, 3.05) is 25.0 Å². The van der Waals surface area contributed by atoms with Crippen molar-refractivity contribution in [1.29, 1.82) is 0 Å². The first-order valence-corrected chi connectivity index (χ1v) is 12.0. The molecule has 1 heterocycles. The van der Waals surface area contributed by atoms with E-state index in [9.17, 15) is 23.3 Å². The van der Waals surface area contributed by atoms with Crippen molar-refractivity contribution >= 4 is 27.3 Å². The van der Waals surface area contributed by atoms with Gasteiger partial charge in [-0.3, -0.25) is 19.8 Å². The van der Waals surface area contributed by atoms with Gasteiger partial charge in [-0.15, -0.1) is 0 Å². The fourth-order valence-electron chi connectivity index (χ4n) is 3.72. The molecule has 2 aromatic rings. The number of sulfonamides is 1. The van der Waals surface area contributed by atoms with E-state index in [4.69, 9.17) is 0 Å². The third-order valence-corrected chi connectivity index (χ3v) is 7.16. The number of aryl methyl sites for hydroxylation is 1. The summed E-state index contributed by atoms with van der Waals surface area (Å²) in [5.41, 5.74) is 1.45. The van der Waals surface area contributed by atoms with Crippen LogP contribution in [-0.2, 0) is 14.8 Å². The first-order chi connectivity index (χ1) is 15.2. The quantitative estimate of drug-likeness (QED) is 0.461. The average molecular weight is 461 g/mol. The van der Waals surface area contributed by atoms with Crippen molar-refractivity contribution in [3.63, 3.8) is 0 Å². The Hall–Kier alpha value is -2.82. The predicted molar refractivity (Wildman–Crippen MR) is 122 cm³/mol. The SMILES string of the molecule is Cc1ccc(S(=O)(=O)NCC2CCCN(C(C)C(=O)Nc3ccc([N+](=O)[O-])cc3)C2)cc1. The van der Waals surface area contributed by atoms with E-state index in [1.807, 2.05) is 11.8 Å². The Morgan fingerprint density at radius 2 is 1.84 bits per heavy atom. The summed E-state index contributed by atoms with van der Waals surface area (Å²) < 4.78 is 27.8. The van der Waals surface area contributed by atoms with Gasteiger partial charge in [0.15, 0.2) is 0 Å². The lowest BCUT2D eigenvalue weighted by Gasteiger charge is -2.36. The number of rotatable bonds is 8. The van der Waals surface area contributed by atoms with Crippen molar-refractivity contribution in [1.82, 2.24) is 9.62 Å². The lowest BCUT2D eigenvalue weighted by molar-refractivity contribution is -0.384. The molecule has 0 aliphatic carbocycles. The molecule has 2 aromatic carbocycles. The molecule has 2 atom stereocenters. The second kappa shape index (κ2) is 10.2. The van der Waals surface area contributed by atoms with E-state index >= 15 is 0 Å². The highest BCUT2D eigenvalue weighted by atomic mass is 32.2. The van der Waals surface area contributed by atoms with Crippen LogP contribution in [0.2, 0.25) is 0 Å². The number of nitrogens with zero attached hydrogens (tertiary/aromatic N) is 2. The summed E-state index contributed by atoms with van der Waals surface area (Å²) >= 11 is 0. The summed E-state index contributed by atoms with van der Waals surface area (Å²) in [6, 6.07) is 12.0. The molecule has 0 radical (unpaired) electrons. The van der Waals surface area contributed by atoms with Crippen LogP contribution in [0.3, 0.4) is 0 Å². The van der Waals surface area contributed by atoms with Crippen molar-refractivity contribution in [3.05, 3.63) is 64.2 Å². The number of hydrogen-bond acceptors (Lipinski definition) is 6. The first-order valence-electron chi connectivity index (χ1n) is 10.5. The van der Waals surface area contributed by atoms with Crippen LogP contribution >= 0.6 is 0 Å². The first kappa shape index (κ1) is 23.8. The van der Waals surface area contributed by atoms with Crippen molar-refractivity contribution < 1.29 is 18.1 Å². The highest BCUT2D eigenvalue weighted by Gasteiger charge is 2.28. The summed E-state index contributed by atoms with van der Waals surface area (Å²) in [5.74, 6) is -0.113. The molecule has 1 aliphatic rings. The van der Waals surface area contributed by atoms with Crippen LogP contribution in [0.25, 0.3) is 0 Å². The molecule has 0 saturated carbocycles. The van der Waals surface area contributed by atoms with Gasteiger partial charge in [-0.2, -0.15) is 0 Å². The topological polar surface area (TPSA) is 122 Å². The van der Waals surface area contributed by atoms with Crippen LogP contribution in [-0.4, -0.2) is 49.8 Å². The van der Waals surface area contributed by atoms with Gasteiger partial charge in [0.2, 0.25) is 15.9 Å². The molecule has 1 amide bonds. The lowest BCUT2D eigenvalue weighted by atomic mass is 9.97. The normalized spacial score (nSPS) is 18.1. The zero-order valence-electron chi connectivity index (χ0n) is 18.2. The van der Waals surface area contributed by atoms with Gasteiger partial charge in [0, 0.05) is 30.9 Å². The number of nitro groups is 1. The van der Waals surface area contributed by atoms with Crippen molar-refractivity contribution in [3.8, 4) is 0 Å². The Balaban J connectivity index is 1.54. The van der Waals surface area contributed by atoms with Crippen LogP contribution in [0.15, 0.2) is 53.4 Å². The third kappa shape index (κ3) is 6.12. The summed E-state index contributed by atoms with van der Waals surface area (Å²) in [6.07, 6.45) is 1.75. The highest BCUT2D eigenvalue weighted by molar-refractivity contribution is 7.89. The van der Waals surface area contributed by atoms with E-state index in [1.165, 1.54) is 24.3 Å². The summed E-state index contributed by atoms with van der Waals surface area (Å²) in [7, 11) is -3.58. The number of benzene rings is 2. The van der Waals surface area contributed by atoms with Gasteiger partial charge in [0.25, 0.3) is 5.69 Å². The van der Waals surface area contributed by atoms with Gasteiger partial charge in [-0.05, 0) is 63.4 Å². The number of piperidine rings is 1. The monoisotopic (exact) mass is 460 g/mol. The van der Waals surface area contributed by atoms with Gasteiger partial charge in [-0.25, -0.2) is 13.1 Å². The Morgan fingerprint density at radius 1 is 1.19 bits per heavy atom. The van der Waals surface area contributed by atoms with E-state index in [0.29, 0.717) is 18.8 Å². The Bertz CT molecular complexity index is 1050. The van der Waals surface area contributed by atoms with Crippen LogP contribution in [0, 0.1) is 23.0 Å². The summed E-state index contributed by atoms with van der Waals surface area (Å²) in [5, 5.41) is 13.5. The molecule has 3 rings (SSSR count). The fraction of sp³-hybridized carbons (Fsp3) is 0.409. The Labute approximate surface area is 188 Å². The van der Waals surface area contributed by atoms with Gasteiger partial charge >= 0.3 is 0 Å². The summed E-state index contributed by atoms with van der Waals surface area (Å²) in [4.78, 5) is 25.2. The maximum atomic E-state index is 12.7. The number of carbonyl (C=O) groups excluding carboxylic acids is 1. The predicted octanol–water partition coefficient (Wildman–Crippen LogP) is 2.92. The van der Waals surface area contributed by atoms with Crippen LogP contribution in [0.5, 0.6) is 0 Å². The zero-order valence-corrected chi connectivity index (χ0v) is 19.0. The third-order valence-electron chi connectivity index (χ3n) is 5.72. The van der Waals surface area contributed by atoms with Crippen LogP contribution in [0.1, 0.15) is 25.3 Å². The van der Waals surface area contributed by atoms with Gasteiger partial charge < -0.3 is 5.32 Å². The maximum absolute atomic E-state index is 12.7. The summed E-state index contributed by atoms with van der Waals surface area (Å²) in [6.45, 7) is 5.36. The van der Waals surface area contributed by atoms with Crippen LogP contribution in [0.4, 0.5) is 11.4 Å². The van der Waals surface area contributed by atoms with E-state index < -0.39 is 21.0 Å². The number of anilines is 1. The molecule has 0 spiro atoms. The molecule has 2 unspecified atom stereocenters. The van der Waals surface area contributed by atoms with Gasteiger partial charge in [0.05, 0.1) is 15.9 Å². The lowest BCUT2D eigenvalue weighted by Crippen LogP contribution is -2.48. The van der Waals surface area contributed by atoms with Gasteiger partial charge in [0.1, 0.15) is 0 Å². The number of nitrogens with one attached hydrogen (secondary N) is 2. The number of amides is 1. The molecule has 10 heteroatoms. The van der Waals surface area contributed by atoms with Crippen molar-refractivity contribution in [2.24, 2.45) is 5.92 Å². The minimum Gasteiger partial charge on any atom is -0.325 e. The fourth-order valence-corrected chi connectivity index (χ4v) is 4.84. The molecular weight excluding hydrogens is 432 g/mol. The van der Waals surface area contributed by atoms with Crippen LogP contribution < -0.4 is 10.0 Å². The van der Waals surface area contributed by atoms with Crippen molar-refractivity contribution in [2.45, 2.75) is 37.6 Å². The molecule has 9 nitrogen and oxygen atoms in total. The van der Waals surface area contributed by atoms with E-state index in [1.54, 1.807) is 31.2 Å². The number of hydrogen-bond donors (Lipinski definition) is 2. The zero-order chi connectivity index (χ0) is 23.3. The molecule has 172 valence electrons. The number of likely N-dealkylation sites (tertiary alicyclic amines) is 1. The van der Waals surface area contributed by atoms with Gasteiger partial charge in [-0.1, -0.05) is 17.7 Å². The molecule has 0 aromatic heterocycles. The number of nitro benzene ring substituents is 1. The number of carbonyl (C=O) groups is 1. The van der Waals surface area contributed by atoms with E-state index in [-0.39, 0.29) is 22.4 Å². The maximum Gasteiger partial charge on any atom is 0.269 e. The smallest absolute Gasteiger partial charge is 0.269 e. The second-order valence-electron chi connectivity index (χ2n) is 8.14. The molecule has 1 aliphatic heterocycles. The largest absolute Gasteiger partial charge is 0.325 e. The minimum atomic E-state index is -3.58. The Morgan fingerprint density at radius 3 is 2.47 bits per heavy atom. The standard InChI is InChI=1S/C22H28N4O5S/c1-16-5-11-21(12-6-16)32(30,31)23-14-18-4-3-13-25(15-18)17(2)22(27)24-19-7-9-20(10-8-19)26(28)29/h5-12,17-18,23H,3-4,13-15H2,1-2H3,(H,24,27). The molecule has 1 fully saturated rings. The molecule has 2 N–H and O–H groups in total.